The van der Waals surface area contributed by atoms with Crippen LogP contribution in [0.4, 0.5) is 4.79 Å². The van der Waals surface area contributed by atoms with Crippen molar-refractivity contribution < 1.29 is 19.5 Å². The smallest absolute Gasteiger partial charge is 0.326 e. The second-order valence-corrected chi connectivity index (χ2v) is 7.43. The topological polar surface area (TPSA) is 134 Å². The Morgan fingerprint density at radius 2 is 1.71 bits per heavy atom. The second-order valence-electron chi connectivity index (χ2n) is 7.07. The fraction of sp³-hybridized carbons (Fsp3) is 0.526. The molecule has 1 aromatic carbocycles. The summed E-state index contributed by atoms with van der Waals surface area (Å²) >= 11 is 4.09. The third-order valence-corrected chi connectivity index (χ3v) is 4.36. The van der Waals surface area contributed by atoms with Crippen molar-refractivity contribution in [1.29, 1.82) is 0 Å². The number of rotatable bonds is 11. The van der Waals surface area contributed by atoms with Gasteiger partial charge in [0.05, 0.1) is 0 Å². The van der Waals surface area contributed by atoms with E-state index >= 15 is 0 Å². The van der Waals surface area contributed by atoms with Crippen molar-refractivity contribution in [2.75, 3.05) is 12.3 Å². The monoisotopic (exact) mass is 410 g/mol. The molecule has 0 saturated heterocycles. The van der Waals surface area contributed by atoms with Crippen LogP contribution in [-0.2, 0) is 16.0 Å². The number of hydrogen-bond acceptors (Lipinski definition) is 5. The van der Waals surface area contributed by atoms with Gasteiger partial charge >= 0.3 is 12.0 Å². The van der Waals surface area contributed by atoms with Crippen LogP contribution < -0.4 is 21.7 Å². The Balaban J connectivity index is 2.48. The lowest BCUT2D eigenvalue weighted by molar-refractivity contribution is -0.139. The van der Waals surface area contributed by atoms with Gasteiger partial charge in [0.2, 0.25) is 5.91 Å². The van der Waals surface area contributed by atoms with Gasteiger partial charge in [-0.3, -0.25) is 4.79 Å². The number of carbonyl (C=O) groups is 3. The van der Waals surface area contributed by atoms with E-state index in [0.717, 1.165) is 5.56 Å². The first kappa shape index (κ1) is 23.8. The molecular weight excluding hydrogens is 380 g/mol. The summed E-state index contributed by atoms with van der Waals surface area (Å²) in [4.78, 5) is 35.6. The average Bonchev–Trinajstić information content (AvgIpc) is 2.64. The number of carboxylic acid groups (broad SMARTS) is 1. The summed E-state index contributed by atoms with van der Waals surface area (Å²) < 4.78 is 0. The average molecular weight is 411 g/mol. The van der Waals surface area contributed by atoms with E-state index in [1.54, 1.807) is 0 Å². The van der Waals surface area contributed by atoms with Gasteiger partial charge in [0.1, 0.15) is 12.1 Å². The van der Waals surface area contributed by atoms with E-state index in [1.165, 1.54) is 0 Å². The molecule has 0 bridgehead atoms. The molecule has 0 unspecified atom stereocenters. The van der Waals surface area contributed by atoms with Crippen molar-refractivity contribution in [3.63, 3.8) is 0 Å². The lowest BCUT2D eigenvalue weighted by Gasteiger charge is -2.21. The molecule has 0 aliphatic rings. The maximum Gasteiger partial charge on any atom is 0.326 e. The fourth-order valence-corrected chi connectivity index (χ4v) is 2.85. The molecule has 3 atom stereocenters. The minimum absolute atomic E-state index is 0.0646. The number of hydrogen-bond donors (Lipinski definition) is 6. The second kappa shape index (κ2) is 12.2. The first-order valence-electron chi connectivity index (χ1n) is 9.20. The van der Waals surface area contributed by atoms with Crippen LogP contribution in [0.15, 0.2) is 30.3 Å². The van der Waals surface area contributed by atoms with E-state index < -0.39 is 30.0 Å². The fourth-order valence-electron chi connectivity index (χ4n) is 2.59. The van der Waals surface area contributed by atoms with Crippen LogP contribution in [-0.4, -0.2) is 53.4 Å². The highest BCUT2D eigenvalue weighted by atomic mass is 32.1. The molecule has 9 heteroatoms. The van der Waals surface area contributed by atoms with Gasteiger partial charge in [0, 0.05) is 18.3 Å². The van der Waals surface area contributed by atoms with Gasteiger partial charge < -0.3 is 26.8 Å². The third-order valence-electron chi connectivity index (χ3n) is 3.99. The molecule has 0 heterocycles. The van der Waals surface area contributed by atoms with E-state index in [1.807, 2.05) is 44.2 Å². The molecular formula is C19H30N4O4S. The third kappa shape index (κ3) is 9.09. The van der Waals surface area contributed by atoms with E-state index in [4.69, 9.17) is 5.73 Å². The van der Waals surface area contributed by atoms with Crippen molar-refractivity contribution >= 4 is 30.5 Å². The highest BCUT2D eigenvalue weighted by molar-refractivity contribution is 7.80. The number of thiol groups is 1. The van der Waals surface area contributed by atoms with Gasteiger partial charge in [0.15, 0.2) is 0 Å². The Hall–Kier alpha value is -2.26. The summed E-state index contributed by atoms with van der Waals surface area (Å²) in [6, 6.07) is 6.75. The van der Waals surface area contributed by atoms with Gasteiger partial charge in [-0.2, -0.15) is 12.6 Å². The Morgan fingerprint density at radius 1 is 1.11 bits per heavy atom. The molecule has 0 aliphatic heterocycles. The largest absolute Gasteiger partial charge is 0.480 e. The molecule has 28 heavy (non-hydrogen) atoms. The van der Waals surface area contributed by atoms with Crippen LogP contribution >= 0.6 is 12.6 Å². The van der Waals surface area contributed by atoms with Gasteiger partial charge in [-0.25, -0.2) is 9.59 Å². The lowest BCUT2D eigenvalue weighted by atomic mass is 10.0. The normalized spacial score (nSPS) is 14.0. The number of carbonyl (C=O) groups excluding carboxylic acids is 2. The number of aliphatic carboxylic acids is 1. The van der Waals surface area contributed by atoms with Crippen LogP contribution in [0, 0.1) is 5.92 Å². The van der Waals surface area contributed by atoms with Crippen molar-refractivity contribution in [2.24, 2.45) is 11.7 Å². The van der Waals surface area contributed by atoms with Gasteiger partial charge in [-0.05, 0) is 24.3 Å². The maximum absolute atomic E-state index is 12.3. The van der Waals surface area contributed by atoms with Gasteiger partial charge in [-0.15, -0.1) is 0 Å². The Labute approximate surface area is 171 Å². The molecule has 0 saturated carbocycles. The minimum Gasteiger partial charge on any atom is -0.480 e. The molecule has 8 nitrogen and oxygen atoms in total. The van der Waals surface area contributed by atoms with Gasteiger partial charge in [-0.1, -0.05) is 44.2 Å². The zero-order valence-electron chi connectivity index (χ0n) is 16.2. The van der Waals surface area contributed by atoms with E-state index in [0.29, 0.717) is 6.42 Å². The Kier molecular flexibility index (Phi) is 10.4. The molecule has 0 radical (unpaired) electrons. The molecule has 3 amide bonds. The number of amides is 3. The lowest BCUT2D eigenvalue weighted by Crippen LogP contribution is -2.55. The summed E-state index contributed by atoms with van der Waals surface area (Å²) in [5, 5.41) is 16.7. The zero-order valence-corrected chi connectivity index (χ0v) is 17.1. The SMILES string of the molecule is CC(C)C[C@H](NC(=O)N[C@@H](CS)C(=O)NC[C@H](N)Cc1ccccc1)C(=O)O. The molecule has 1 aromatic rings. The van der Waals surface area contributed by atoms with Crippen LogP contribution in [0.1, 0.15) is 25.8 Å². The number of carboxylic acids is 1. The van der Waals surface area contributed by atoms with E-state index in [9.17, 15) is 19.5 Å². The summed E-state index contributed by atoms with van der Waals surface area (Å²) in [6.07, 6.45) is 0.894. The highest BCUT2D eigenvalue weighted by Gasteiger charge is 2.24. The molecule has 0 fully saturated rings. The molecule has 6 N–H and O–H groups in total. The van der Waals surface area contributed by atoms with E-state index in [2.05, 4.69) is 28.6 Å². The van der Waals surface area contributed by atoms with Crippen LogP contribution in [0.5, 0.6) is 0 Å². The number of nitrogens with two attached hydrogens (primary N) is 1. The predicted molar refractivity (Wildman–Crippen MR) is 111 cm³/mol. The molecule has 156 valence electrons. The van der Waals surface area contributed by atoms with Crippen molar-refractivity contribution in [3.05, 3.63) is 35.9 Å². The summed E-state index contributed by atoms with van der Waals surface area (Å²) in [5.41, 5.74) is 7.11. The summed E-state index contributed by atoms with van der Waals surface area (Å²) in [7, 11) is 0. The number of urea groups is 1. The van der Waals surface area contributed by atoms with Crippen LogP contribution in [0.25, 0.3) is 0 Å². The van der Waals surface area contributed by atoms with Crippen molar-refractivity contribution in [2.45, 2.75) is 44.8 Å². The van der Waals surface area contributed by atoms with Gasteiger partial charge in [0.25, 0.3) is 0 Å². The van der Waals surface area contributed by atoms with Crippen molar-refractivity contribution in [1.82, 2.24) is 16.0 Å². The Morgan fingerprint density at radius 3 is 2.25 bits per heavy atom. The first-order chi connectivity index (χ1) is 13.2. The first-order valence-corrected chi connectivity index (χ1v) is 9.84. The number of nitrogens with one attached hydrogen (secondary N) is 3. The van der Waals surface area contributed by atoms with E-state index in [-0.39, 0.29) is 30.7 Å². The predicted octanol–water partition coefficient (Wildman–Crippen LogP) is 0.770. The molecule has 0 aliphatic carbocycles. The summed E-state index contributed by atoms with van der Waals surface area (Å²) in [6.45, 7) is 3.96. The number of benzene rings is 1. The minimum atomic E-state index is -1.12. The molecule has 1 rings (SSSR count). The zero-order chi connectivity index (χ0) is 21.1. The highest BCUT2D eigenvalue weighted by Crippen LogP contribution is 2.05. The summed E-state index contributed by atoms with van der Waals surface area (Å²) in [5.74, 6) is -1.39. The molecule has 0 aromatic heterocycles. The molecule has 0 spiro atoms. The standard InChI is InChI=1S/C19H30N4O4S/c1-12(2)8-15(18(25)26)22-19(27)23-16(11-28)17(24)21-10-14(20)9-13-6-4-3-5-7-13/h3-7,12,14-16,28H,8-11,20H2,1-2H3,(H,21,24)(H,25,26)(H2,22,23,27)/t14-,15+,16+/m1/s1. The van der Waals surface area contributed by atoms with Crippen molar-refractivity contribution in [3.8, 4) is 0 Å². The maximum atomic E-state index is 12.3. The van der Waals surface area contributed by atoms with Crippen LogP contribution in [0.2, 0.25) is 0 Å². The van der Waals surface area contributed by atoms with Crippen LogP contribution in [0.3, 0.4) is 0 Å². The quantitative estimate of drug-likeness (QED) is 0.300. The Bertz CT molecular complexity index is 642.